The van der Waals surface area contributed by atoms with E-state index in [0.717, 1.165) is 5.56 Å². The van der Waals surface area contributed by atoms with Gasteiger partial charge in [-0.05, 0) is 57.2 Å². The first kappa shape index (κ1) is 16.8. The molecule has 3 aromatic heterocycles. The van der Waals surface area contributed by atoms with E-state index in [1.54, 1.807) is 23.7 Å². The molecule has 1 aliphatic rings. The van der Waals surface area contributed by atoms with Gasteiger partial charge < -0.3 is 9.52 Å². The van der Waals surface area contributed by atoms with Crippen LogP contribution in [0.4, 0.5) is 0 Å². The molecule has 1 unspecified atom stereocenters. The largest absolute Gasteiger partial charge is 0.458 e. The Morgan fingerprint density at radius 1 is 1.38 bits per heavy atom. The van der Waals surface area contributed by atoms with E-state index in [0.29, 0.717) is 40.0 Å². The first-order chi connectivity index (χ1) is 12.5. The van der Waals surface area contributed by atoms with Crippen molar-refractivity contribution < 1.29 is 9.52 Å². The molecule has 1 saturated carbocycles. The van der Waals surface area contributed by atoms with Crippen molar-refractivity contribution in [2.75, 3.05) is 0 Å². The minimum atomic E-state index is -0.864. The fraction of sp³-hybridized carbons (Fsp3) is 0.421. The molecule has 0 bridgehead atoms. The van der Waals surface area contributed by atoms with Crippen LogP contribution in [0.1, 0.15) is 48.6 Å². The van der Waals surface area contributed by atoms with E-state index in [4.69, 9.17) is 4.42 Å². The van der Waals surface area contributed by atoms with Crippen LogP contribution in [0.5, 0.6) is 0 Å². The molecular weight excluding hydrogens is 330 g/mol. The third-order valence-electron chi connectivity index (χ3n) is 4.92. The normalized spacial score (nSPS) is 16.6. The summed E-state index contributed by atoms with van der Waals surface area (Å²) in [6, 6.07) is 5.91. The van der Waals surface area contributed by atoms with Crippen molar-refractivity contribution >= 4 is 5.65 Å². The Morgan fingerprint density at radius 3 is 2.85 bits per heavy atom. The lowest BCUT2D eigenvalue weighted by Gasteiger charge is -2.18. The number of hydrogen-bond acceptors (Lipinski definition) is 6. The van der Waals surface area contributed by atoms with Gasteiger partial charge in [0, 0.05) is 6.04 Å². The lowest BCUT2D eigenvalue weighted by molar-refractivity contribution is 0.116. The monoisotopic (exact) mass is 351 g/mol. The molecule has 0 aliphatic heterocycles. The van der Waals surface area contributed by atoms with Crippen molar-refractivity contribution in [3.63, 3.8) is 0 Å². The average molecular weight is 351 g/mol. The second-order valence-corrected chi connectivity index (χ2v) is 7.04. The minimum absolute atomic E-state index is 0.234. The summed E-state index contributed by atoms with van der Waals surface area (Å²) in [5.74, 6) is 1.71. The topological polar surface area (TPSA) is 99.4 Å². The van der Waals surface area contributed by atoms with Gasteiger partial charge in [0.2, 0.25) is 0 Å². The molecule has 2 atom stereocenters. The first-order valence-corrected chi connectivity index (χ1v) is 8.78. The van der Waals surface area contributed by atoms with Gasteiger partial charge in [-0.15, -0.1) is 0 Å². The Kier molecular flexibility index (Phi) is 4.02. The summed E-state index contributed by atoms with van der Waals surface area (Å²) >= 11 is 0. The van der Waals surface area contributed by atoms with Crippen LogP contribution in [-0.4, -0.2) is 25.7 Å². The van der Waals surface area contributed by atoms with Gasteiger partial charge in [-0.2, -0.15) is 10.4 Å². The summed E-state index contributed by atoms with van der Waals surface area (Å²) in [4.78, 5) is 4.39. The van der Waals surface area contributed by atoms with E-state index in [1.165, 1.54) is 12.8 Å². The van der Waals surface area contributed by atoms with Crippen LogP contribution in [0.2, 0.25) is 0 Å². The van der Waals surface area contributed by atoms with Crippen LogP contribution >= 0.6 is 0 Å². The maximum absolute atomic E-state index is 10.6. The number of nitrogens with zero attached hydrogens (tertiary/aromatic N) is 4. The van der Waals surface area contributed by atoms with Crippen LogP contribution < -0.4 is 5.32 Å². The highest BCUT2D eigenvalue weighted by molar-refractivity contribution is 5.64. The highest BCUT2D eigenvalue weighted by atomic mass is 16.3. The van der Waals surface area contributed by atoms with Crippen molar-refractivity contribution in [1.82, 2.24) is 19.9 Å². The molecule has 3 heterocycles. The van der Waals surface area contributed by atoms with Crippen molar-refractivity contribution in [2.45, 2.75) is 45.9 Å². The van der Waals surface area contributed by atoms with Gasteiger partial charge in [0.25, 0.3) is 0 Å². The molecule has 3 aromatic rings. The second-order valence-electron chi connectivity index (χ2n) is 7.04. The number of fused-ring (bicyclic) bond motifs is 1. The Bertz CT molecular complexity index is 1010. The zero-order valence-corrected chi connectivity index (χ0v) is 15.0. The second kappa shape index (κ2) is 6.24. The van der Waals surface area contributed by atoms with Crippen molar-refractivity contribution in [2.24, 2.45) is 5.92 Å². The number of rotatable bonds is 5. The fourth-order valence-corrected chi connectivity index (χ4v) is 3.29. The van der Waals surface area contributed by atoms with Gasteiger partial charge >= 0.3 is 0 Å². The lowest BCUT2D eigenvalue weighted by atomic mass is 10.2. The average Bonchev–Trinajstić information content (AvgIpc) is 3.26. The molecule has 0 amide bonds. The first-order valence-electron chi connectivity index (χ1n) is 8.78. The molecular formula is C19H21N5O2. The predicted octanol–water partition coefficient (Wildman–Crippen LogP) is 2.86. The molecule has 0 radical (unpaired) electrons. The van der Waals surface area contributed by atoms with E-state index in [-0.39, 0.29) is 6.04 Å². The summed E-state index contributed by atoms with van der Waals surface area (Å²) in [6.45, 7) is 5.80. The van der Waals surface area contributed by atoms with Crippen molar-refractivity contribution in [3.05, 3.63) is 40.9 Å². The fourth-order valence-electron chi connectivity index (χ4n) is 3.29. The number of nitriles is 1. The molecule has 0 aromatic carbocycles. The van der Waals surface area contributed by atoms with E-state index in [2.05, 4.69) is 28.4 Å². The van der Waals surface area contributed by atoms with Crippen molar-refractivity contribution in [3.8, 4) is 17.5 Å². The van der Waals surface area contributed by atoms with Gasteiger partial charge in [0.05, 0.1) is 6.20 Å². The number of nitrogens with one attached hydrogen (secondary N) is 1. The molecule has 2 N–H and O–H groups in total. The smallest absolute Gasteiger partial charge is 0.172 e. The Labute approximate surface area is 151 Å². The number of hydrogen-bond donors (Lipinski definition) is 2. The van der Waals surface area contributed by atoms with Crippen LogP contribution in [0, 0.1) is 31.1 Å². The van der Waals surface area contributed by atoms with Crippen LogP contribution in [0.15, 0.2) is 22.7 Å². The molecule has 4 rings (SSSR count). The van der Waals surface area contributed by atoms with Crippen LogP contribution in [0.3, 0.4) is 0 Å². The van der Waals surface area contributed by atoms with E-state index < -0.39 is 6.23 Å². The molecule has 134 valence electrons. The SMILES string of the molecule is Cc1cc(C#N)c(-c2cc(C)c3ncc(C(O)N[C@@H](C)C4CC4)n3n2)o1. The van der Waals surface area contributed by atoms with Gasteiger partial charge in [-0.25, -0.2) is 9.50 Å². The maximum Gasteiger partial charge on any atom is 0.172 e. The summed E-state index contributed by atoms with van der Waals surface area (Å²) in [6.07, 6.45) is 3.17. The Balaban J connectivity index is 1.76. The number of aliphatic hydroxyl groups excluding tert-OH is 1. The summed E-state index contributed by atoms with van der Waals surface area (Å²) in [5.41, 5.74) is 3.11. The van der Waals surface area contributed by atoms with Gasteiger partial charge in [-0.1, -0.05) is 0 Å². The standard InChI is InChI=1S/C19H21N5O2/c1-10-6-15(17-14(8-20)7-11(2)26-17)23-24-16(9-21-18(10)24)19(25)22-12(3)13-4-5-13/h6-7,9,12-13,19,22,25H,4-5H2,1-3H3/t12-,19?/m0/s1. The minimum Gasteiger partial charge on any atom is -0.458 e. The third-order valence-corrected chi connectivity index (χ3v) is 4.92. The van der Waals surface area contributed by atoms with E-state index >= 15 is 0 Å². The van der Waals surface area contributed by atoms with Gasteiger partial charge in [-0.3, -0.25) is 5.32 Å². The lowest BCUT2D eigenvalue weighted by Crippen LogP contribution is -2.32. The molecule has 0 saturated heterocycles. The number of imidazole rings is 1. The highest BCUT2D eigenvalue weighted by Gasteiger charge is 2.30. The van der Waals surface area contributed by atoms with Crippen LogP contribution in [0.25, 0.3) is 17.1 Å². The zero-order valence-electron chi connectivity index (χ0n) is 15.0. The quantitative estimate of drug-likeness (QED) is 0.686. The summed E-state index contributed by atoms with van der Waals surface area (Å²) in [7, 11) is 0. The van der Waals surface area contributed by atoms with Crippen LogP contribution in [-0.2, 0) is 0 Å². The predicted molar refractivity (Wildman–Crippen MR) is 95.2 cm³/mol. The Morgan fingerprint density at radius 2 is 2.15 bits per heavy atom. The number of aromatic nitrogens is 3. The van der Waals surface area contributed by atoms with Gasteiger partial charge in [0.1, 0.15) is 35.0 Å². The van der Waals surface area contributed by atoms with Gasteiger partial charge in [0.15, 0.2) is 11.4 Å². The summed E-state index contributed by atoms with van der Waals surface area (Å²) in [5, 5.41) is 27.8. The molecule has 0 spiro atoms. The van der Waals surface area contributed by atoms with E-state index in [1.807, 2.05) is 13.0 Å². The third kappa shape index (κ3) is 2.87. The van der Waals surface area contributed by atoms with Crippen molar-refractivity contribution in [1.29, 1.82) is 5.26 Å². The maximum atomic E-state index is 10.6. The molecule has 26 heavy (non-hydrogen) atoms. The Hall–Kier alpha value is -2.69. The molecule has 7 heteroatoms. The van der Waals surface area contributed by atoms with E-state index in [9.17, 15) is 10.4 Å². The number of aliphatic hydroxyl groups is 1. The molecule has 1 aliphatic carbocycles. The molecule has 1 fully saturated rings. The highest BCUT2D eigenvalue weighted by Crippen LogP contribution is 2.33. The number of aryl methyl sites for hydroxylation is 2. The zero-order chi connectivity index (χ0) is 18.4. The summed E-state index contributed by atoms with van der Waals surface area (Å²) < 4.78 is 7.31. The molecule has 7 nitrogen and oxygen atoms in total. The number of furan rings is 1.